The van der Waals surface area contributed by atoms with Crippen LogP contribution in [-0.4, -0.2) is 35.6 Å². The molecule has 2 aliphatic rings. The van der Waals surface area contributed by atoms with E-state index in [1.54, 1.807) is 0 Å². The zero-order valence-electron chi connectivity index (χ0n) is 10.6. The molecule has 0 amide bonds. The number of hydrogen-bond donors (Lipinski definition) is 1. The van der Waals surface area contributed by atoms with Gasteiger partial charge in [0.2, 0.25) is 0 Å². The molecule has 0 saturated carbocycles. The van der Waals surface area contributed by atoms with Crippen LogP contribution >= 0.6 is 0 Å². The van der Waals surface area contributed by atoms with Crippen LogP contribution in [0, 0.1) is 0 Å². The van der Waals surface area contributed by atoms with E-state index in [0.717, 1.165) is 12.1 Å². The largest absolute Gasteiger partial charge is 0.312 e. The molecule has 2 heteroatoms. The van der Waals surface area contributed by atoms with Gasteiger partial charge in [-0.05, 0) is 52.5 Å². The SMILES string of the molecule is CCC(C)N1CCCC12CCC(C)NC2. The lowest BCUT2D eigenvalue weighted by atomic mass is 9.84. The average molecular weight is 210 g/mol. The van der Waals surface area contributed by atoms with Crippen molar-refractivity contribution in [1.29, 1.82) is 0 Å². The highest BCUT2D eigenvalue weighted by Crippen LogP contribution is 2.37. The Morgan fingerprint density at radius 3 is 2.87 bits per heavy atom. The van der Waals surface area contributed by atoms with Crippen LogP contribution in [0.5, 0.6) is 0 Å². The van der Waals surface area contributed by atoms with Crippen LogP contribution in [0.25, 0.3) is 0 Å². The number of nitrogens with zero attached hydrogens (tertiary/aromatic N) is 1. The van der Waals surface area contributed by atoms with Gasteiger partial charge in [0, 0.05) is 24.2 Å². The van der Waals surface area contributed by atoms with Gasteiger partial charge in [0.25, 0.3) is 0 Å². The summed E-state index contributed by atoms with van der Waals surface area (Å²) in [5.74, 6) is 0. The minimum absolute atomic E-state index is 0.516. The normalized spacial score (nSPS) is 39.8. The summed E-state index contributed by atoms with van der Waals surface area (Å²) in [5.41, 5.74) is 0.516. The minimum atomic E-state index is 0.516. The van der Waals surface area contributed by atoms with Gasteiger partial charge in [0.15, 0.2) is 0 Å². The maximum Gasteiger partial charge on any atom is 0.0337 e. The average Bonchev–Trinajstić information content (AvgIpc) is 2.66. The summed E-state index contributed by atoms with van der Waals surface area (Å²) in [6.45, 7) is 9.57. The summed E-state index contributed by atoms with van der Waals surface area (Å²) in [6, 6.07) is 1.50. The number of nitrogens with one attached hydrogen (secondary N) is 1. The van der Waals surface area contributed by atoms with E-state index >= 15 is 0 Å². The van der Waals surface area contributed by atoms with Gasteiger partial charge >= 0.3 is 0 Å². The highest BCUT2D eigenvalue weighted by molar-refractivity contribution is 5.02. The van der Waals surface area contributed by atoms with Crippen molar-refractivity contribution in [3.05, 3.63) is 0 Å². The lowest BCUT2D eigenvalue weighted by molar-refractivity contribution is 0.0588. The van der Waals surface area contributed by atoms with Crippen LogP contribution in [0.15, 0.2) is 0 Å². The van der Waals surface area contributed by atoms with Crippen LogP contribution in [0.4, 0.5) is 0 Å². The highest BCUT2D eigenvalue weighted by atomic mass is 15.3. The van der Waals surface area contributed by atoms with Crippen molar-refractivity contribution in [2.24, 2.45) is 0 Å². The lowest BCUT2D eigenvalue weighted by Crippen LogP contribution is -2.58. The van der Waals surface area contributed by atoms with Gasteiger partial charge in [0.05, 0.1) is 0 Å². The molecule has 0 radical (unpaired) electrons. The monoisotopic (exact) mass is 210 g/mol. The molecule has 0 aromatic heterocycles. The Balaban J connectivity index is 2.05. The van der Waals surface area contributed by atoms with Crippen molar-refractivity contribution < 1.29 is 0 Å². The minimum Gasteiger partial charge on any atom is -0.312 e. The molecule has 15 heavy (non-hydrogen) atoms. The van der Waals surface area contributed by atoms with E-state index in [4.69, 9.17) is 0 Å². The second-order valence-corrected chi connectivity index (χ2v) is 5.60. The first kappa shape index (κ1) is 11.4. The molecule has 88 valence electrons. The quantitative estimate of drug-likeness (QED) is 0.753. The zero-order chi connectivity index (χ0) is 10.9. The van der Waals surface area contributed by atoms with Crippen molar-refractivity contribution in [1.82, 2.24) is 10.2 Å². The fraction of sp³-hybridized carbons (Fsp3) is 1.00. The van der Waals surface area contributed by atoms with Crippen LogP contribution in [0.1, 0.15) is 52.9 Å². The summed E-state index contributed by atoms with van der Waals surface area (Å²) in [7, 11) is 0. The van der Waals surface area contributed by atoms with Gasteiger partial charge in [-0.25, -0.2) is 0 Å². The Kier molecular flexibility index (Phi) is 3.36. The Morgan fingerprint density at radius 2 is 2.27 bits per heavy atom. The molecule has 3 atom stereocenters. The van der Waals surface area contributed by atoms with Crippen LogP contribution in [0.3, 0.4) is 0 Å². The molecule has 2 rings (SSSR count). The summed E-state index contributed by atoms with van der Waals surface area (Å²) in [5, 5.41) is 3.68. The summed E-state index contributed by atoms with van der Waals surface area (Å²) in [4.78, 5) is 2.78. The fourth-order valence-corrected chi connectivity index (χ4v) is 3.37. The van der Waals surface area contributed by atoms with Gasteiger partial charge in [-0.1, -0.05) is 6.92 Å². The van der Waals surface area contributed by atoms with E-state index in [1.807, 2.05) is 0 Å². The molecule has 2 heterocycles. The van der Waals surface area contributed by atoms with Crippen LogP contribution < -0.4 is 5.32 Å². The second kappa shape index (κ2) is 4.42. The molecule has 1 spiro atoms. The van der Waals surface area contributed by atoms with Gasteiger partial charge < -0.3 is 5.32 Å². The molecule has 1 N–H and O–H groups in total. The van der Waals surface area contributed by atoms with Crippen molar-refractivity contribution in [2.45, 2.75) is 70.5 Å². The molecule has 2 saturated heterocycles. The van der Waals surface area contributed by atoms with Gasteiger partial charge in [-0.3, -0.25) is 4.90 Å². The first-order valence-electron chi connectivity index (χ1n) is 6.68. The van der Waals surface area contributed by atoms with Crippen molar-refractivity contribution in [2.75, 3.05) is 13.1 Å². The van der Waals surface area contributed by atoms with Crippen molar-refractivity contribution in [3.63, 3.8) is 0 Å². The van der Waals surface area contributed by atoms with Crippen LogP contribution in [0.2, 0.25) is 0 Å². The van der Waals surface area contributed by atoms with Gasteiger partial charge in [-0.15, -0.1) is 0 Å². The molecule has 0 aromatic carbocycles. The number of piperidine rings is 1. The third kappa shape index (κ3) is 2.07. The van der Waals surface area contributed by atoms with E-state index in [2.05, 4.69) is 31.0 Å². The Morgan fingerprint density at radius 1 is 1.47 bits per heavy atom. The smallest absolute Gasteiger partial charge is 0.0337 e. The molecular weight excluding hydrogens is 184 g/mol. The molecule has 0 bridgehead atoms. The third-order valence-electron chi connectivity index (χ3n) is 4.60. The van der Waals surface area contributed by atoms with Gasteiger partial charge in [-0.2, -0.15) is 0 Å². The van der Waals surface area contributed by atoms with E-state index in [-0.39, 0.29) is 0 Å². The topological polar surface area (TPSA) is 15.3 Å². The van der Waals surface area contributed by atoms with Crippen molar-refractivity contribution >= 4 is 0 Å². The summed E-state index contributed by atoms with van der Waals surface area (Å²) in [6.07, 6.45) is 6.87. The van der Waals surface area contributed by atoms with E-state index in [1.165, 1.54) is 45.2 Å². The molecule has 2 fully saturated rings. The van der Waals surface area contributed by atoms with E-state index in [0.29, 0.717) is 5.54 Å². The maximum absolute atomic E-state index is 3.68. The Hall–Kier alpha value is -0.0800. The van der Waals surface area contributed by atoms with Crippen molar-refractivity contribution in [3.8, 4) is 0 Å². The third-order valence-corrected chi connectivity index (χ3v) is 4.60. The molecular formula is C13H26N2. The molecule has 0 aromatic rings. The lowest BCUT2D eigenvalue weighted by Gasteiger charge is -2.46. The number of hydrogen-bond acceptors (Lipinski definition) is 2. The highest BCUT2D eigenvalue weighted by Gasteiger charge is 2.43. The van der Waals surface area contributed by atoms with Gasteiger partial charge in [0.1, 0.15) is 0 Å². The first-order chi connectivity index (χ1) is 7.18. The maximum atomic E-state index is 3.68. The van der Waals surface area contributed by atoms with E-state index < -0.39 is 0 Å². The zero-order valence-corrected chi connectivity index (χ0v) is 10.6. The fourth-order valence-electron chi connectivity index (χ4n) is 3.37. The number of rotatable bonds is 2. The molecule has 2 aliphatic heterocycles. The predicted octanol–water partition coefficient (Wildman–Crippen LogP) is 2.39. The van der Waals surface area contributed by atoms with Crippen LogP contribution in [-0.2, 0) is 0 Å². The molecule has 2 nitrogen and oxygen atoms in total. The standard InChI is InChI=1S/C13H26N2/c1-4-12(3)15-9-5-7-13(15)8-6-11(2)14-10-13/h11-12,14H,4-10H2,1-3H3. The first-order valence-corrected chi connectivity index (χ1v) is 6.68. The molecule has 0 aliphatic carbocycles. The summed E-state index contributed by atoms with van der Waals surface area (Å²) < 4.78 is 0. The Bertz CT molecular complexity index is 207. The van der Waals surface area contributed by atoms with E-state index in [9.17, 15) is 0 Å². The molecule has 3 unspecified atom stereocenters. The predicted molar refractivity (Wildman–Crippen MR) is 65.1 cm³/mol. The second-order valence-electron chi connectivity index (χ2n) is 5.60. The number of likely N-dealkylation sites (tertiary alicyclic amines) is 1. The Labute approximate surface area is 94.4 Å². The summed E-state index contributed by atoms with van der Waals surface area (Å²) >= 11 is 0.